The summed E-state index contributed by atoms with van der Waals surface area (Å²) in [5.41, 5.74) is 7.05. The van der Waals surface area contributed by atoms with Crippen molar-refractivity contribution >= 4 is 22.8 Å². The summed E-state index contributed by atoms with van der Waals surface area (Å²) in [6.07, 6.45) is 1.25. The third-order valence-electron chi connectivity index (χ3n) is 6.88. The number of aliphatic hydroxyl groups is 1. The van der Waals surface area contributed by atoms with Gasteiger partial charge in [0.2, 0.25) is 5.95 Å². The van der Waals surface area contributed by atoms with Crippen LogP contribution in [0.2, 0.25) is 0 Å². The van der Waals surface area contributed by atoms with Gasteiger partial charge in [-0.15, -0.1) is 0 Å². The maximum Gasteiger partial charge on any atom is 0.296 e. The Bertz CT molecular complexity index is 1150. The molecule has 0 radical (unpaired) electrons. The second kappa shape index (κ2) is 10.4. The summed E-state index contributed by atoms with van der Waals surface area (Å²) in [6, 6.07) is 8.66. The lowest BCUT2D eigenvalue weighted by Crippen LogP contribution is -2.48. The molecule has 4 N–H and O–H groups in total. The van der Waals surface area contributed by atoms with Gasteiger partial charge in [-0.3, -0.25) is 4.57 Å². The van der Waals surface area contributed by atoms with Crippen molar-refractivity contribution in [2.45, 2.75) is 44.2 Å². The molecule has 0 bridgehead atoms. The van der Waals surface area contributed by atoms with Crippen molar-refractivity contribution < 1.29 is 18.6 Å². The number of halogens is 2. The summed E-state index contributed by atoms with van der Waals surface area (Å²) < 4.78 is 35.0. The van der Waals surface area contributed by atoms with Gasteiger partial charge in [0.25, 0.3) is 6.43 Å². The van der Waals surface area contributed by atoms with Gasteiger partial charge in [-0.25, -0.2) is 13.8 Å². The molecule has 0 unspecified atom stereocenters. The minimum atomic E-state index is -2.78. The molecule has 3 aromatic rings. The van der Waals surface area contributed by atoms with Crippen molar-refractivity contribution in [2.75, 3.05) is 43.1 Å². The first-order valence-corrected chi connectivity index (χ1v) is 12.1. The smallest absolute Gasteiger partial charge is 0.296 e. The predicted octanol–water partition coefficient (Wildman–Crippen LogP) is 2.88. The number of para-hydroxylation sites is 2. The number of rotatable bonds is 7. The second-order valence-corrected chi connectivity index (χ2v) is 9.27. The number of aromatic nitrogens is 4. The topological polar surface area (TPSA) is 114 Å². The van der Waals surface area contributed by atoms with Gasteiger partial charge in [-0.2, -0.15) is 9.97 Å². The number of anilines is 2. The molecular weight excluding hydrogens is 456 g/mol. The van der Waals surface area contributed by atoms with Crippen molar-refractivity contribution in [3.8, 4) is 5.82 Å². The third kappa shape index (κ3) is 5.07. The number of nitrogens with one attached hydrogen (secondary N) is 1. The van der Waals surface area contributed by atoms with E-state index in [0.717, 1.165) is 25.7 Å². The standard InChI is InChI=1S/C24H31F2N7O2/c25-22(26)23-29-18-3-1-2-4-19(18)33(23)21-11-20(32-9-10-35-14-17(32)13-34)30-24(31-21)28-12-15-5-7-16(27)8-6-15/h1-4,11,15-17,22,34H,5-10,12-14,27H2,(H,28,30,31)/t15-,16-,17-/m0/s1. The van der Waals surface area contributed by atoms with Gasteiger partial charge in [-0.1, -0.05) is 12.1 Å². The molecule has 1 aliphatic heterocycles. The number of nitrogens with two attached hydrogens (primary N) is 1. The molecule has 11 heteroatoms. The molecule has 5 rings (SSSR count). The van der Waals surface area contributed by atoms with E-state index in [1.807, 2.05) is 4.90 Å². The molecule has 2 aliphatic rings. The minimum Gasteiger partial charge on any atom is -0.394 e. The zero-order valence-corrected chi connectivity index (χ0v) is 19.5. The number of morpholine rings is 1. The Morgan fingerprint density at radius 3 is 2.66 bits per heavy atom. The summed E-state index contributed by atoms with van der Waals surface area (Å²) in [6.45, 7) is 1.93. The van der Waals surface area contributed by atoms with Crippen molar-refractivity contribution in [1.82, 2.24) is 19.5 Å². The molecule has 35 heavy (non-hydrogen) atoms. The minimum absolute atomic E-state index is 0.110. The van der Waals surface area contributed by atoms with Gasteiger partial charge in [0.15, 0.2) is 5.82 Å². The van der Waals surface area contributed by atoms with Crippen LogP contribution in [0.5, 0.6) is 0 Å². The van der Waals surface area contributed by atoms with Gasteiger partial charge < -0.3 is 25.8 Å². The molecule has 188 valence electrons. The van der Waals surface area contributed by atoms with Gasteiger partial charge in [-0.05, 0) is 43.7 Å². The fourth-order valence-corrected chi connectivity index (χ4v) is 4.93. The second-order valence-electron chi connectivity index (χ2n) is 9.27. The molecule has 1 saturated heterocycles. The molecule has 0 amide bonds. The third-order valence-corrected chi connectivity index (χ3v) is 6.88. The van der Waals surface area contributed by atoms with E-state index in [1.165, 1.54) is 4.57 Å². The molecule has 1 atom stereocenters. The van der Waals surface area contributed by atoms with Crippen LogP contribution in [-0.2, 0) is 4.74 Å². The Hall–Kier alpha value is -2.89. The van der Waals surface area contributed by atoms with E-state index in [0.29, 0.717) is 60.8 Å². The van der Waals surface area contributed by atoms with Gasteiger partial charge >= 0.3 is 0 Å². The van der Waals surface area contributed by atoms with E-state index in [1.54, 1.807) is 30.3 Å². The highest BCUT2D eigenvalue weighted by atomic mass is 19.3. The van der Waals surface area contributed by atoms with Gasteiger partial charge in [0.05, 0.1) is 36.9 Å². The first-order valence-electron chi connectivity index (χ1n) is 12.1. The predicted molar refractivity (Wildman–Crippen MR) is 129 cm³/mol. The maximum absolute atomic E-state index is 14.0. The van der Waals surface area contributed by atoms with Crippen molar-refractivity contribution in [1.29, 1.82) is 0 Å². The number of fused-ring (bicyclic) bond motifs is 1. The lowest BCUT2D eigenvalue weighted by atomic mass is 9.86. The molecule has 2 fully saturated rings. The van der Waals surface area contributed by atoms with Crippen LogP contribution in [0.4, 0.5) is 20.5 Å². The van der Waals surface area contributed by atoms with Gasteiger partial charge in [0, 0.05) is 25.2 Å². The van der Waals surface area contributed by atoms with Crippen molar-refractivity contribution in [2.24, 2.45) is 11.7 Å². The molecule has 0 spiro atoms. The molecule has 2 aromatic heterocycles. The Labute approximate surface area is 202 Å². The lowest BCUT2D eigenvalue weighted by molar-refractivity contribution is 0.0723. The van der Waals surface area contributed by atoms with Gasteiger partial charge in [0.1, 0.15) is 11.6 Å². The van der Waals surface area contributed by atoms with E-state index in [4.69, 9.17) is 15.5 Å². The van der Waals surface area contributed by atoms with Crippen LogP contribution in [0.25, 0.3) is 16.9 Å². The zero-order chi connectivity index (χ0) is 24.4. The number of hydrogen-bond acceptors (Lipinski definition) is 8. The maximum atomic E-state index is 14.0. The highest BCUT2D eigenvalue weighted by Gasteiger charge is 2.27. The van der Waals surface area contributed by atoms with Crippen molar-refractivity contribution in [3.63, 3.8) is 0 Å². The molecule has 9 nitrogen and oxygen atoms in total. The Morgan fingerprint density at radius 2 is 1.89 bits per heavy atom. The van der Waals surface area contributed by atoms with E-state index in [2.05, 4.69) is 15.3 Å². The van der Waals surface area contributed by atoms with E-state index < -0.39 is 6.43 Å². The van der Waals surface area contributed by atoms with E-state index in [-0.39, 0.29) is 24.5 Å². The summed E-state index contributed by atoms with van der Waals surface area (Å²) in [4.78, 5) is 15.5. The summed E-state index contributed by atoms with van der Waals surface area (Å²) in [7, 11) is 0. The highest BCUT2D eigenvalue weighted by molar-refractivity contribution is 5.78. The number of ether oxygens (including phenoxy) is 1. The fraction of sp³-hybridized carbons (Fsp3) is 0.542. The summed E-state index contributed by atoms with van der Waals surface area (Å²) in [5.74, 6) is 1.28. The fourth-order valence-electron chi connectivity index (χ4n) is 4.93. The van der Waals surface area contributed by atoms with Crippen LogP contribution < -0.4 is 16.0 Å². The first-order chi connectivity index (χ1) is 17.0. The summed E-state index contributed by atoms with van der Waals surface area (Å²) in [5, 5.41) is 13.2. The Balaban J connectivity index is 1.55. The Morgan fingerprint density at radius 1 is 1.11 bits per heavy atom. The average Bonchev–Trinajstić information content (AvgIpc) is 3.28. The van der Waals surface area contributed by atoms with Crippen molar-refractivity contribution in [3.05, 3.63) is 36.2 Å². The normalized spacial score (nSPS) is 23.2. The van der Waals surface area contributed by atoms with Crippen LogP contribution in [0, 0.1) is 5.92 Å². The van der Waals surface area contributed by atoms with Crippen LogP contribution in [0.3, 0.4) is 0 Å². The SMILES string of the molecule is N[C@H]1CC[C@H](CNc2nc(N3CCOC[C@@H]3CO)cc(-n3c(C(F)F)nc4ccccc43)n2)CC1. The number of hydrogen-bond donors (Lipinski definition) is 3. The average molecular weight is 488 g/mol. The van der Waals surface area contributed by atoms with Crippen LogP contribution in [-0.4, -0.2) is 69.6 Å². The number of alkyl halides is 2. The Kier molecular flexibility index (Phi) is 7.07. The largest absolute Gasteiger partial charge is 0.394 e. The highest BCUT2D eigenvalue weighted by Crippen LogP contribution is 2.30. The lowest BCUT2D eigenvalue weighted by Gasteiger charge is -2.35. The monoisotopic (exact) mass is 487 g/mol. The van der Waals surface area contributed by atoms with E-state index in [9.17, 15) is 13.9 Å². The molecule has 1 aromatic carbocycles. The molecule has 1 saturated carbocycles. The number of nitrogens with zero attached hydrogens (tertiary/aromatic N) is 5. The quantitative estimate of drug-likeness (QED) is 0.466. The summed E-state index contributed by atoms with van der Waals surface area (Å²) >= 11 is 0. The van der Waals surface area contributed by atoms with E-state index >= 15 is 0 Å². The number of benzene rings is 1. The first kappa shape index (κ1) is 23.8. The molecule has 3 heterocycles. The molecule has 1 aliphatic carbocycles. The number of imidazole rings is 1. The van der Waals surface area contributed by atoms with Crippen LogP contribution in [0.1, 0.15) is 37.9 Å². The zero-order valence-electron chi connectivity index (χ0n) is 19.5. The number of aliphatic hydroxyl groups excluding tert-OH is 1. The van der Waals surface area contributed by atoms with Crippen LogP contribution >= 0.6 is 0 Å². The molecular formula is C24H31F2N7O2. The van der Waals surface area contributed by atoms with Crippen LogP contribution in [0.15, 0.2) is 30.3 Å².